The van der Waals surface area contributed by atoms with E-state index in [9.17, 15) is 0 Å². The van der Waals surface area contributed by atoms with Crippen LogP contribution in [0.2, 0.25) is 0 Å². The van der Waals surface area contributed by atoms with Crippen molar-refractivity contribution >= 4 is 0 Å². The highest BCUT2D eigenvalue weighted by atomic mass is 16.5. The molecule has 0 spiro atoms. The number of aromatic nitrogens is 4. The number of rotatable bonds is 7. The molecular weight excluding hydrogens is 270 g/mol. The first-order valence-corrected chi connectivity index (χ1v) is 7.06. The molecule has 0 amide bonds. The summed E-state index contributed by atoms with van der Waals surface area (Å²) in [6.45, 7) is 7.04. The zero-order chi connectivity index (χ0) is 15.2. The topological polar surface area (TPSA) is 74.1 Å². The standard InChI is InChI=1S/C14H21N5O2/c1-5-20-12-8-7-11(9-13(12)21-6-2)19-14(10(3)15-4)16-17-18-19/h7-10,15H,5-6H2,1-4H3. The Morgan fingerprint density at radius 3 is 2.57 bits per heavy atom. The molecule has 2 rings (SSSR count). The number of hydrogen-bond acceptors (Lipinski definition) is 6. The molecule has 2 aromatic rings. The van der Waals surface area contributed by atoms with E-state index in [2.05, 4.69) is 20.8 Å². The third-order valence-corrected chi connectivity index (χ3v) is 3.09. The van der Waals surface area contributed by atoms with Crippen LogP contribution in [0.15, 0.2) is 18.2 Å². The third-order valence-electron chi connectivity index (χ3n) is 3.09. The molecule has 0 saturated carbocycles. The summed E-state index contributed by atoms with van der Waals surface area (Å²) < 4.78 is 12.9. The first kappa shape index (κ1) is 15.2. The molecule has 7 nitrogen and oxygen atoms in total. The van der Waals surface area contributed by atoms with Crippen molar-refractivity contribution in [3.8, 4) is 17.2 Å². The molecule has 1 N–H and O–H groups in total. The predicted octanol–water partition coefficient (Wildman–Crippen LogP) is 1.74. The van der Waals surface area contributed by atoms with Gasteiger partial charge in [-0.1, -0.05) is 0 Å². The van der Waals surface area contributed by atoms with E-state index in [1.807, 2.05) is 46.0 Å². The van der Waals surface area contributed by atoms with Crippen molar-refractivity contribution in [2.75, 3.05) is 20.3 Å². The summed E-state index contributed by atoms with van der Waals surface area (Å²) >= 11 is 0. The number of hydrogen-bond donors (Lipinski definition) is 1. The second-order valence-electron chi connectivity index (χ2n) is 4.46. The lowest BCUT2D eigenvalue weighted by Crippen LogP contribution is -2.17. The minimum absolute atomic E-state index is 0.0436. The Morgan fingerprint density at radius 2 is 1.90 bits per heavy atom. The van der Waals surface area contributed by atoms with Gasteiger partial charge in [-0.05, 0) is 50.4 Å². The fourth-order valence-corrected chi connectivity index (χ4v) is 1.95. The van der Waals surface area contributed by atoms with Crippen LogP contribution in [-0.2, 0) is 0 Å². The van der Waals surface area contributed by atoms with Crippen LogP contribution in [0.1, 0.15) is 32.6 Å². The van der Waals surface area contributed by atoms with Crippen molar-refractivity contribution in [2.45, 2.75) is 26.8 Å². The number of tetrazole rings is 1. The lowest BCUT2D eigenvalue weighted by molar-refractivity contribution is 0.287. The van der Waals surface area contributed by atoms with E-state index in [0.29, 0.717) is 19.0 Å². The average Bonchev–Trinajstić information content (AvgIpc) is 2.98. The maximum atomic E-state index is 5.63. The molecule has 0 fully saturated rings. The minimum atomic E-state index is 0.0436. The van der Waals surface area contributed by atoms with Crippen molar-refractivity contribution in [3.63, 3.8) is 0 Å². The molecule has 1 heterocycles. The molecule has 0 aliphatic heterocycles. The van der Waals surface area contributed by atoms with Crippen molar-refractivity contribution in [1.29, 1.82) is 0 Å². The van der Waals surface area contributed by atoms with Gasteiger partial charge in [0.25, 0.3) is 0 Å². The molecular formula is C14H21N5O2. The van der Waals surface area contributed by atoms with E-state index < -0.39 is 0 Å². The Hall–Kier alpha value is -2.15. The Labute approximate surface area is 124 Å². The smallest absolute Gasteiger partial charge is 0.173 e. The van der Waals surface area contributed by atoms with Crippen LogP contribution >= 0.6 is 0 Å². The molecule has 1 atom stereocenters. The summed E-state index contributed by atoms with van der Waals surface area (Å²) in [5.74, 6) is 2.15. The highest BCUT2D eigenvalue weighted by Crippen LogP contribution is 2.30. The second kappa shape index (κ2) is 7.03. The molecule has 0 bridgehead atoms. The van der Waals surface area contributed by atoms with Gasteiger partial charge in [0.05, 0.1) is 24.9 Å². The van der Waals surface area contributed by atoms with Gasteiger partial charge in [-0.15, -0.1) is 5.10 Å². The van der Waals surface area contributed by atoms with Gasteiger partial charge in [0.15, 0.2) is 17.3 Å². The molecule has 21 heavy (non-hydrogen) atoms. The Balaban J connectivity index is 2.40. The van der Waals surface area contributed by atoms with Gasteiger partial charge < -0.3 is 14.8 Å². The van der Waals surface area contributed by atoms with Crippen LogP contribution in [0, 0.1) is 0 Å². The van der Waals surface area contributed by atoms with Crippen molar-refractivity contribution in [2.24, 2.45) is 0 Å². The summed E-state index contributed by atoms with van der Waals surface area (Å²) in [4.78, 5) is 0. The van der Waals surface area contributed by atoms with Crippen LogP contribution in [-0.4, -0.2) is 40.5 Å². The highest BCUT2D eigenvalue weighted by molar-refractivity contribution is 5.48. The normalized spacial score (nSPS) is 12.2. The summed E-state index contributed by atoms with van der Waals surface area (Å²) in [6, 6.07) is 5.72. The fourth-order valence-electron chi connectivity index (χ4n) is 1.95. The molecule has 7 heteroatoms. The van der Waals surface area contributed by atoms with Crippen LogP contribution in [0.5, 0.6) is 11.5 Å². The maximum Gasteiger partial charge on any atom is 0.173 e. The second-order valence-corrected chi connectivity index (χ2v) is 4.46. The number of ether oxygens (including phenoxy) is 2. The van der Waals surface area contributed by atoms with Gasteiger partial charge in [0.2, 0.25) is 0 Å². The first-order chi connectivity index (χ1) is 10.2. The van der Waals surface area contributed by atoms with Gasteiger partial charge in [-0.3, -0.25) is 0 Å². The van der Waals surface area contributed by atoms with Gasteiger partial charge >= 0.3 is 0 Å². The summed E-state index contributed by atoms with van der Waals surface area (Å²) in [7, 11) is 1.87. The predicted molar refractivity (Wildman–Crippen MR) is 79.0 cm³/mol. The average molecular weight is 291 g/mol. The van der Waals surface area contributed by atoms with E-state index >= 15 is 0 Å². The number of benzene rings is 1. The molecule has 0 radical (unpaired) electrons. The van der Waals surface area contributed by atoms with E-state index in [1.54, 1.807) is 4.68 Å². The zero-order valence-corrected chi connectivity index (χ0v) is 12.8. The molecule has 0 aliphatic carbocycles. The van der Waals surface area contributed by atoms with Crippen LogP contribution in [0.3, 0.4) is 0 Å². The quantitative estimate of drug-likeness (QED) is 0.837. The zero-order valence-electron chi connectivity index (χ0n) is 12.8. The molecule has 0 aliphatic rings. The van der Waals surface area contributed by atoms with Gasteiger partial charge in [0, 0.05) is 6.07 Å². The number of nitrogens with one attached hydrogen (secondary N) is 1. The molecule has 1 aromatic carbocycles. The van der Waals surface area contributed by atoms with E-state index in [4.69, 9.17) is 9.47 Å². The maximum absolute atomic E-state index is 5.63. The molecule has 1 unspecified atom stereocenters. The monoisotopic (exact) mass is 291 g/mol. The Kier molecular flexibility index (Phi) is 5.10. The summed E-state index contributed by atoms with van der Waals surface area (Å²) in [5, 5.41) is 15.0. The number of nitrogens with zero attached hydrogens (tertiary/aromatic N) is 4. The van der Waals surface area contributed by atoms with Crippen LogP contribution in [0.4, 0.5) is 0 Å². The van der Waals surface area contributed by atoms with Crippen LogP contribution < -0.4 is 14.8 Å². The molecule has 1 aromatic heterocycles. The van der Waals surface area contributed by atoms with Crippen molar-refractivity contribution < 1.29 is 9.47 Å². The Bertz CT molecular complexity index is 584. The SMILES string of the molecule is CCOc1ccc(-n2nnnc2C(C)NC)cc1OCC. The van der Waals surface area contributed by atoms with Gasteiger partial charge in [0.1, 0.15) is 0 Å². The van der Waals surface area contributed by atoms with Gasteiger partial charge in [-0.25, -0.2) is 0 Å². The fraction of sp³-hybridized carbons (Fsp3) is 0.500. The summed E-state index contributed by atoms with van der Waals surface area (Å²) in [6.07, 6.45) is 0. The lowest BCUT2D eigenvalue weighted by atomic mass is 10.2. The Morgan fingerprint density at radius 1 is 1.19 bits per heavy atom. The minimum Gasteiger partial charge on any atom is -0.490 e. The third kappa shape index (κ3) is 3.30. The highest BCUT2D eigenvalue weighted by Gasteiger charge is 2.16. The van der Waals surface area contributed by atoms with Gasteiger partial charge in [-0.2, -0.15) is 4.68 Å². The van der Waals surface area contributed by atoms with Crippen molar-refractivity contribution in [3.05, 3.63) is 24.0 Å². The largest absolute Gasteiger partial charge is 0.490 e. The lowest BCUT2D eigenvalue weighted by Gasteiger charge is -2.14. The molecule has 0 saturated heterocycles. The molecule has 114 valence electrons. The van der Waals surface area contributed by atoms with E-state index in [-0.39, 0.29) is 6.04 Å². The first-order valence-electron chi connectivity index (χ1n) is 7.06. The van der Waals surface area contributed by atoms with E-state index in [0.717, 1.165) is 17.3 Å². The van der Waals surface area contributed by atoms with Crippen LogP contribution in [0.25, 0.3) is 5.69 Å². The van der Waals surface area contributed by atoms with E-state index in [1.165, 1.54) is 0 Å². The summed E-state index contributed by atoms with van der Waals surface area (Å²) in [5.41, 5.74) is 0.837. The van der Waals surface area contributed by atoms with Crippen molar-refractivity contribution in [1.82, 2.24) is 25.5 Å².